The van der Waals surface area contributed by atoms with Gasteiger partial charge in [0, 0.05) is 5.02 Å². The van der Waals surface area contributed by atoms with E-state index < -0.39 is 30.2 Å². The van der Waals surface area contributed by atoms with Crippen LogP contribution in [0.4, 0.5) is 5.69 Å². The number of anilines is 1. The van der Waals surface area contributed by atoms with Crippen LogP contribution in [0, 0.1) is 0 Å². The summed E-state index contributed by atoms with van der Waals surface area (Å²) in [5.41, 5.74) is 1.59. The van der Waals surface area contributed by atoms with E-state index in [0.29, 0.717) is 26.7 Å². The van der Waals surface area contributed by atoms with Gasteiger partial charge >= 0.3 is 5.97 Å². The predicted molar refractivity (Wildman–Crippen MR) is 142 cm³/mol. The van der Waals surface area contributed by atoms with Gasteiger partial charge in [0.15, 0.2) is 5.11 Å². The normalized spacial score (nSPS) is 18.6. The van der Waals surface area contributed by atoms with E-state index in [9.17, 15) is 19.2 Å². The van der Waals surface area contributed by atoms with Crippen LogP contribution in [0.3, 0.4) is 0 Å². The van der Waals surface area contributed by atoms with Crippen LogP contribution in [0.25, 0.3) is 12.2 Å². The molecule has 8 nitrogen and oxygen atoms in total. The molecule has 0 saturated carbocycles. The molecule has 0 aromatic heterocycles. The number of thiocarbonyl (C=S) groups is 2. The lowest BCUT2D eigenvalue weighted by atomic mass is 10.1. The van der Waals surface area contributed by atoms with Crippen molar-refractivity contribution in [3.8, 4) is 0 Å². The summed E-state index contributed by atoms with van der Waals surface area (Å²) in [5.74, 6) is -2.82. The Labute approximate surface area is 219 Å². The highest BCUT2D eigenvalue weighted by Crippen LogP contribution is 2.32. The van der Waals surface area contributed by atoms with E-state index in [-0.39, 0.29) is 15.0 Å². The fourth-order valence-electron chi connectivity index (χ4n) is 3.26. The third-order valence-corrected chi connectivity index (χ3v) is 6.81. The minimum atomic E-state index is -1.16. The summed E-state index contributed by atoms with van der Waals surface area (Å²) in [6.07, 6.45) is 3.04. The van der Waals surface area contributed by atoms with Crippen molar-refractivity contribution in [3.05, 3.63) is 75.2 Å². The van der Waals surface area contributed by atoms with Gasteiger partial charge in [0.1, 0.15) is 16.4 Å². The highest BCUT2D eigenvalue weighted by molar-refractivity contribution is 8.26. The van der Waals surface area contributed by atoms with E-state index in [1.165, 1.54) is 11.0 Å². The number of amides is 3. The topological polar surface area (TPSA) is 107 Å². The minimum absolute atomic E-state index is 0.0324. The molecule has 0 radical (unpaired) electrons. The first-order valence-corrected chi connectivity index (χ1v) is 11.9. The molecule has 2 heterocycles. The Morgan fingerprint density at radius 1 is 0.971 bits per heavy atom. The van der Waals surface area contributed by atoms with E-state index in [4.69, 9.17) is 41.1 Å². The molecule has 2 aliphatic heterocycles. The summed E-state index contributed by atoms with van der Waals surface area (Å²) in [4.78, 5) is 51.5. The van der Waals surface area contributed by atoms with Gasteiger partial charge < -0.3 is 5.11 Å². The summed E-state index contributed by atoms with van der Waals surface area (Å²) in [6, 6.07) is 13.2. The molecular formula is C23H14ClN3O5S3. The van der Waals surface area contributed by atoms with Crippen molar-refractivity contribution in [3.63, 3.8) is 0 Å². The van der Waals surface area contributed by atoms with Gasteiger partial charge in [-0.2, -0.15) is 0 Å². The second-order valence-electron chi connectivity index (χ2n) is 7.26. The van der Waals surface area contributed by atoms with Crippen molar-refractivity contribution in [1.82, 2.24) is 10.2 Å². The van der Waals surface area contributed by atoms with Crippen molar-refractivity contribution in [2.75, 3.05) is 11.4 Å². The Kier molecular flexibility index (Phi) is 7.13. The number of halogens is 1. The first-order chi connectivity index (χ1) is 16.6. The highest BCUT2D eigenvalue weighted by Gasteiger charge is 2.35. The number of aliphatic carboxylic acids is 1. The van der Waals surface area contributed by atoms with Crippen LogP contribution in [0.5, 0.6) is 0 Å². The van der Waals surface area contributed by atoms with Gasteiger partial charge in [-0.25, -0.2) is 0 Å². The molecule has 0 spiro atoms. The standard InChI is InChI=1S/C23H14ClN3O5S3/c24-14-5-7-15(8-6-14)27-20(31)16(19(30)25-22(27)33)9-12-1-3-13(4-2-12)10-17-21(32)26(11-18(28)29)23(34)35-17/h1-10H,11H2,(H,28,29)(H,25,30,33). The molecule has 2 aromatic carbocycles. The fourth-order valence-corrected chi connectivity index (χ4v) is 4.92. The summed E-state index contributed by atoms with van der Waals surface area (Å²) >= 11 is 17.2. The number of nitrogens with zero attached hydrogens (tertiary/aromatic N) is 2. The van der Waals surface area contributed by atoms with Crippen LogP contribution in [0.1, 0.15) is 11.1 Å². The Morgan fingerprint density at radius 3 is 2.17 bits per heavy atom. The van der Waals surface area contributed by atoms with Gasteiger partial charge in [-0.05, 0) is 59.8 Å². The zero-order chi connectivity index (χ0) is 25.3. The quantitative estimate of drug-likeness (QED) is 0.335. The lowest BCUT2D eigenvalue weighted by Crippen LogP contribution is -2.54. The Morgan fingerprint density at radius 2 is 1.57 bits per heavy atom. The number of carboxylic acid groups (broad SMARTS) is 1. The number of carbonyl (C=O) groups is 4. The third kappa shape index (κ3) is 5.33. The molecule has 0 atom stereocenters. The molecule has 2 saturated heterocycles. The van der Waals surface area contributed by atoms with Crippen LogP contribution in [0.15, 0.2) is 59.0 Å². The molecule has 2 aliphatic rings. The maximum atomic E-state index is 13.1. The average Bonchev–Trinajstić information content (AvgIpc) is 3.06. The number of carbonyl (C=O) groups excluding carboxylic acids is 3. The Bertz CT molecular complexity index is 1350. The minimum Gasteiger partial charge on any atom is -0.480 e. The molecule has 176 valence electrons. The largest absolute Gasteiger partial charge is 0.480 e. The molecule has 2 fully saturated rings. The monoisotopic (exact) mass is 543 g/mol. The summed E-state index contributed by atoms with van der Waals surface area (Å²) in [5, 5.41) is 11.9. The van der Waals surface area contributed by atoms with Crippen LogP contribution in [-0.4, -0.2) is 49.7 Å². The molecule has 2 aromatic rings. The van der Waals surface area contributed by atoms with Crippen molar-refractivity contribution < 1.29 is 24.3 Å². The molecule has 4 rings (SSSR count). The first-order valence-electron chi connectivity index (χ1n) is 9.88. The van der Waals surface area contributed by atoms with E-state index >= 15 is 0 Å². The maximum absolute atomic E-state index is 13.1. The van der Waals surface area contributed by atoms with Gasteiger partial charge in [0.05, 0.1) is 10.6 Å². The number of nitrogens with one attached hydrogen (secondary N) is 1. The summed E-state index contributed by atoms with van der Waals surface area (Å²) in [7, 11) is 0. The summed E-state index contributed by atoms with van der Waals surface area (Å²) < 4.78 is 0.176. The van der Waals surface area contributed by atoms with Crippen molar-refractivity contribution in [1.29, 1.82) is 0 Å². The number of rotatable bonds is 5. The van der Waals surface area contributed by atoms with E-state index in [1.54, 1.807) is 54.6 Å². The van der Waals surface area contributed by atoms with Crippen molar-refractivity contribution >= 4 is 98.8 Å². The van der Waals surface area contributed by atoms with Crippen LogP contribution >= 0.6 is 47.8 Å². The van der Waals surface area contributed by atoms with Gasteiger partial charge in [-0.15, -0.1) is 0 Å². The third-order valence-electron chi connectivity index (χ3n) is 4.90. The van der Waals surface area contributed by atoms with Crippen LogP contribution < -0.4 is 10.2 Å². The van der Waals surface area contributed by atoms with Crippen LogP contribution in [-0.2, 0) is 19.2 Å². The lowest BCUT2D eigenvalue weighted by molar-refractivity contribution is -0.140. The average molecular weight is 544 g/mol. The van der Waals surface area contributed by atoms with Gasteiger partial charge in [0.25, 0.3) is 17.7 Å². The maximum Gasteiger partial charge on any atom is 0.323 e. The molecule has 12 heteroatoms. The SMILES string of the molecule is O=C(O)CN1C(=O)C(=Cc2ccc(C=C3C(=O)NC(=S)N(c4ccc(Cl)cc4)C3=O)cc2)SC1=S. The predicted octanol–water partition coefficient (Wildman–Crippen LogP) is 3.46. The smallest absolute Gasteiger partial charge is 0.323 e. The Balaban J connectivity index is 1.56. The second kappa shape index (κ2) is 10.1. The van der Waals surface area contributed by atoms with Crippen LogP contribution in [0.2, 0.25) is 5.02 Å². The molecule has 35 heavy (non-hydrogen) atoms. The van der Waals surface area contributed by atoms with Crippen molar-refractivity contribution in [2.45, 2.75) is 0 Å². The van der Waals surface area contributed by atoms with E-state index in [0.717, 1.165) is 16.7 Å². The van der Waals surface area contributed by atoms with E-state index in [2.05, 4.69) is 5.32 Å². The molecule has 0 aliphatic carbocycles. The molecule has 0 bridgehead atoms. The number of hydrogen-bond donors (Lipinski definition) is 2. The molecule has 2 N–H and O–H groups in total. The number of hydrogen-bond acceptors (Lipinski definition) is 7. The van der Waals surface area contributed by atoms with Gasteiger partial charge in [-0.3, -0.25) is 34.3 Å². The molecule has 0 unspecified atom stereocenters. The number of thioether (sulfide) groups is 1. The summed E-state index contributed by atoms with van der Waals surface area (Å²) in [6.45, 7) is -0.499. The molecule has 3 amide bonds. The highest BCUT2D eigenvalue weighted by atomic mass is 35.5. The zero-order valence-electron chi connectivity index (χ0n) is 17.6. The number of carboxylic acids is 1. The fraction of sp³-hybridized carbons (Fsp3) is 0.0435. The number of benzene rings is 2. The Hall–Kier alpha value is -3.38. The van der Waals surface area contributed by atoms with E-state index in [1.807, 2.05) is 0 Å². The lowest BCUT2D eigenvalue weighted by Gasteiger charge is -2.28. The zero-order valence-corrected chi connectivity index (χ0v) is 20.8. The van der Waals surface area contributed by atoms with Gasteiger partial charge in [-0.1, -0.05) is 59.8 Å². The van der Waals surface area contributed by atoms with Crippen molar-refractivity contribution in [2.24, 2.45) is 0 Å². The second-order valence-corrected chi connectivity index (χ2v) is 9.76. The molecular weight excluding hydrogens is 530 g/mol. The first kappa shape index (κ1) is 24.7. The van der Waals surface area contributed by atoms with Gasteiger partial charge in [0.2, 0.25) is 0 Å².